The Labute approximate surface area is 162 Å². The highest BCUT2D eigenvalue weighted by molar-refractivity contribution is 5.79. The van der Waals surface area contributed by atoms with Gasteiger partial charge in [-0.15, -0.1) is 0 Å². The van der Waals surface area contributed by atoms with E-state index in [0.29, 0.717) is 19.0 Å². The maximum atomic E-state index is 12.7. The zero-order chi connectivity index (χ0) is 18.9. The molecule has 1 unspecified atom stereocenters. The van der Waals surface area contributed by atoms with Gasteiger partial charge in [0.15, 0.2) is 0 Å². The van der Waals surface area contributed by atoms with Crippen LogP contribution in [0.5, 0.6) is 0 Å². The molecular weight excluding hydrogens is 340 g/mol. The summed E-state index contributed by atoms with van der Waals surface area (Å²) in [5.41, 5.74) is 1.20. The predicted octanol–water partition coefficient (Wildman–Crippen LogP) is 2.25. The predicted molar refractivity (Wildman–Crippen MR) is 105 cm³/mol. The number of amides is 2. The third-order valence-electron chi connectivity index (χ3n) is 5.72. The Hall–Kier alpha value is -1.95. The third-order valence-corrected chi connectivity index (χ3v) is 5.72. The maximum Gasteiger partial charge on any atom is 0.223 e. The van der Waals surface area contributed by atoms with E-state index in [-0.39, 0.29) is 17.7 Å². The smallest absolute Gasteiger partial charge is 0.223 e. The number of nitrogens with one attached hydrogen (secondary N) is 2. The molecule has 2 fully saturated rings. The van der Waals surface area contributed by atoms with Gasteiger partial charge in [0.25, 0.3) is 0 Å². The molecule has 1 aromatic rings. The van der Waals surface area contributed by atoms with Crippen molar-refractivity contribution < 1.29 is 9.59 Å². The van der Waals surface area contributed by atoms with Crippen LogP contribution in [0, 0.1) is 5.92 Å². The van der Waals surface area contributed by atoms with Crippen LogP contribution in [0.25, 0.3) is 0 Å². The van der Waals surface area contributed by atoms with Gasteiger partial charge < -0.3 is 10.6 Å². The summed E-state index contributed by atoms with van der Waals surface area (Å²) in [4.78, 5) is 31.2. The molecule has 3 rings (SSSR count). The van der Waals surface area contributed by atoms with E-state index in [9.17, 15) is 9.59 Å². The molecule has 1 saturated carbocycles. The van der Waals surface area contributed by atoms with Crippen molar-refractivity contribution in [1.82, 2.24) is 20.5 Å². The zero-order valence-electron chi connectivity index (χ0n) is 16.2. The second-order valence-electron chi connectivity index (χ2n) is 7.85. The number of carbonyl (C=O) groups excluding carboxylic acids is 2. The highest BCUT2D eigenvalue weighted by atomic mass is 16.2. The van der Waals surface area contributed by atoms with Gasteiger partial charge in [-0.2, -0.15) is 0 Å². The minimum atomic E-state index is -0.00762. The highest BCUT2D eigenvalue weighted by Crippen LogP contribution is 2.20. The van der Waals surface area contributed by atoms with Crippen molar-refractivity contribution in [1.29, 1.82) is 0 Å². The average molecular weight is 373 g/mol. The summed E-state index contributed by atoms with van der Waals surface area (Å²) in [7, 11) is 0. The van der Waals surface area contributed by atoms with Crippen LogP contribution in [0.2, 0.25) is 0 Å². The van der Waals surface area contributed by atoms with Crippen LogP contribution in [0.15, 0.2) is 24.5 Å². The number of aromatic nitrogens is 1. The fourth-order valence-electron chi connectivity index (χ4n) is 4.11. The molecule has 0 radical (unpaired) electrons. The molecule has 0 bridgehead atoms. The molecule has 1 aromatic heterocycles. The topological polar surface area (TPSA) is 74.3 Å². The Kier molecular flexibility index (Phi) is 7.63. The lowest BCUT2D eigenvalue weighted by Gasteiger charge is -2.23. The first-order valence-corrected chi connectivity index (χ1v) is 10.4. The molecule has 1 saturated heterocycles. The van der Waals surface area contributed by atoms with Crippen molar-refractivity contribution in [2.45, 2.75) is 64.0 Å². The quantitative estimate of drug-likeness (QED) is 0.850. The number of nitrogens with zero attached hydrogens (tertiary/aromatic N) is 2. The van der Waals surface area contributed by atoms with Crippen molar-refractivity contribution in [3.63, 3.8) is 0 Å². The van der Waals surface area contributed by atoms with Crippen molar-refractivity contribution in [2.24, 2.45) is 5.92 Å². The maximum absolute atomic E-state index is 12.7. The summed E-state index contributed by atoms with van der Waals surface area (Å²) in [6, 6.07) is 4.39. The molecule has 27 heavy (non-hydrogen) atoms. The van der Waals surface area contributed by atoms with Gasteiger partial charge in [0, 0.05) is 50.4 Å². The highest BCUT2D eigenvalue weighted by Gasteiger charge is 2.24. The summed E-state index contributed by atoms with van der Waals surface area (Å²) >= 11 is 0. The first-order valence-electron chi connectivity index (χ1n) is 10.4. The van der Waals surface area contributed by atoms with Gasteiger partial charge in [0.1, 0.15) is 0 Å². The average Bonchev–Trinajstić information content (AvgIpc) is 3.16. The van der Waals surface area contributed by atoms with Crippen LogP contribution in [0.3, 0.4) is 0 Å². The Morgan fingerprint density at radius 1 is 1.11 bits per heavy atom. The van der Waals surface area contributed by atoms with Crippen LogP contribution in [-0.2, 0) is 16.1 Å². The Morgan fingerprint density at radius 2 is 1.89 bits per heavy atom. The van der Waals surface area contributed by atoms with Crippen LogP contribution in [0.1, 0.15) is 56.9 Å². The van der Waals surface area contributed by atoms with E-state index in [2.05, 4.69) is 20.5 Å². The minimum absolute atomic E-state index is 0.00762. The molecule has 2 amide bonds. The number of hydrogen-bond acceptors (Lipinski definition) is 4. The van der Waals surface area contributed by atoms with Crippen LogP contribution < -0.4 is 10.6 Å². The molecule has 1 aliphatic carbocycles. The van der Waals surface area contributed by atoms with Gasteiger partial charge in [-0.25, -0.2) is 0 Å². The second kappa shape index (κ2) is 10.4. The molecular formula is C21H32N4O2. The second-order valence-corrected chi connectivity index (χ2v) is 7.85. The van der Waals surface area contributed by atoms with E-state index in [1.54, 1.807) is 12.4 Å². The molecule has 6 heteroatoms. The van der Waals surface area contributed by atoms with Crippen molar-refractivity contribution >= 4 is 11.8 Å². The fraction of sp³-hybridized carbons (Fsp3) is 0.667. The van der Waals surface area contributed by atoms with Crippen molar-refractivity contribution in [3.8, 4) is 0 Å². The monoisotopic (exact) mass is 372 g/mol. The van der Waals surface area contributed by atoms with E-state index < -0.39 is 0 Å². The lowest BCUT2D eigenvalue weighted by atomic mass is 9.97. The van der Waals surface area contributed by atoms with Crippen molar-refractivity contribution in [2.75, 3.05) is 19.6 Å². The lowest BCUT2D eigenvalue weighted by Crippen LogP contribution is -2.38. The van der Waals surface area contributed by atoms with E-state index in [4.69, 9.17) is 0 Å². The first-order chi connectivity index (χ1) is 13.2. The SMILES string of the molecule is O=C1CCN(Cc2ccncc2)CCCC(C(=O)NC2CCCC2)CCN1. The minimum Gasteiger partial charge on any atom is -0.356 e. The molecule has 148 valence electrons. The van der Waals surface area contributed by atoms with Gasteiger partial charge in [0.2, 0.25) is 11.8 Å². The molecule has 1 atom stereocenters. The van der Waals surface area contributed by atoms with Crippen LogP contribution in [0.4, 0.5) is 0 Å². The molecule has 0 aromatic carbocycles. The molecule has 2 aliphatic rings. The number of hydrogen-bond donors (Lipinski definition) is 2. The third kappa shape index (κ3) is 6.61. The Bertz CT molecular complexity index is 601. The number of rotatable bonds is 4. The number of carbonyl (C=O) groups is 2. The largest absolute Gasteiger partial charge is 0.356 e. The van der Waals surface area contributed by atoms with Crippen LogP contribution in [-0.4, -0.2) is 47.4 Å². The molecule has 2 heterocycles. The van der Waals surface area contributed by atoms with E-state index >= 15 is 0 Å². The molecule has 0 spiro atoms. The van der Waals surface area contributed by atoms with Gasteiger partial charge >= 0.3 is 0 Å². The van der Waals surface area contributed by atoms with E-state index in [0.717, 1.165) is 51.7 Å². The number of pyridine rings is 1. The van der Waals surface area contributed by atoms with Gasteiger partial charge in [-0.05, 0) is 56.3 Å². The standard InChI is InChI=1S/C21H32N4O2/c26-20-10-15-25(16-17-7-11-22-12-8-17)14-3-4-18(9-13-23-20)21(27)24-19-5-1-2-6-19/h7-8,11-12,18-19H,1-6,9-10,13-16H2,(H,23,26)(H,24,27). The molecule has 1 aliphatic heterocycles. The fourth-order valence-corrected chi connectivity index (χ4v) is 4.11. The Morgan fingerprint density at radius 3 is 2.67 bits per heavy atom. The molecule has 6 nitrogen and oxygen atoms in total. The first kappa shape index (κ1) is 19.8. The zero-order valence-corrected chi connectivity index (χ0v) is 16.2. The summed E-state index contributed by atoms with van der Waals surface area (Å²) in [6.07, 6.45) is 11.3. The van der Waals surface area contributed by atoms with Gasteiger partial charge in [-0.1, -0.05) is 12.8 Å². The normalized spacial score (nSPS) is 23.4. The lowest BCUT2D eigenvalue weighted by molar-refractivity contribution is -0.126. The van der Waals surface area contributed by atoms with E-state index in [1.807, 2.05) is 12.1 Å². The van der Waals surface area contributed by atoms with Gasteiger partial charge in [-0.3, -0.25) is 19.5 Å². The Balaban J connectivity index is 1.56. The van der Waals surface area contributed by atoms with Gasteiger partial charge in [0.05, 0.1) is 0 Å². The summed E-state index contributed by atoms with van der Waals surface area (Å²) < 4.78 is 0. The summed E-state index contributed by atoms with van der Waals surface area (Å²) in [5.74, 6) is 0.245. The van der Waals surface area contributed by atoms with Crippen LogP contribution >= 0.6 is 0 Å². The summed E-state index contributed by atoms with van der Waals surface area (Å²) in [5, 5.41) is 6.23. The van der Waals surface area contributed by atoms with E-state index in [1.165, 1.54) is 18.4 Å². The molecule has 2 N–H and O–H groups in total. The van der Waals surface area contributed by atoms with Crippen molar-refractivity contribution in [3.05, 3.63) is 30.1 Å². The summed E-state index contributed by atoms with van der Waals surface area (Å²) in [6.45, 7) is 3.05.